The van der Waals surface area contributed by atoms with E-state index in [4.69, 9.17) is 11.6 Å². The number of carbonyl (C=O) groups excluding carboxylic acids is 1. The quantitative estimate of drug-likeness (QED) is 0.778. The van der Waals surface area contributed by atoms with E-state index in [0.29, 0.717) is 29.1 Å². The highest BCUT2D eigenvalue weighted by molar-refractivity contribution is 6.31. The highest BCUT2D eigenvalue weighted by Gasteiger charge is 2.26. The molecule has 0 radical (unpaired) electrons. The van der Waals surface area contributed by atoms with Gasteiger partial charge in [0.25, 0.3) is 0 Å². The predicted molar refractivity (Wildman–Crippen MR) is 75.2 cm³/mol. The standard InChI is InChI=1S/C15H20ClNO/c1-11-5-4-8-17(12(11)2)10-15(18)13-6-3-7-14(16)9-13/h3,6-7,9,11-12H,4-5,8,10H2,1-2H3. The minimum Gasteiger partial charge on any atom is -0.293 e. The van der Waals surface area contributed by atoms with Crippen molar-refractivity contribution < 1.29 is 4.79 Å². The van der Waals surface area contributed by atoms with Gasteiger partial charge in [0.2, 0.25) is 0 Å². The van der Waals surface area contributed by atoms with E-state index >= 15 is 0 Å². The summed E-state index contributed by atoms with van der Waals surface area (Å²) in [6, 6.07) is 7.71. The zero-order valence-corrected chi connectivity index (χ0v) is 11.8. The molecule has 1 aromatic carbocycles. The summed E-state index contributed by atoms with van der Waals surface area (Å²) in [5.41, 5.74) is 0.716. The SMILES string of the molecule is CC1CCCN(CC(=O)c2cccc(Cl)c2)C1C. The first kappa shape index (κ1) is 13.6. The Morgan fingerprint density at radius 3 is 2.94 bits per heavy atom. The predicted octanol–water partition coefficient (Wildman–Crippen LogP) is 3.64. The molecule has 0 bridgehead atoms. The van der Waals surface area contributed by atoms with Gasteiger partial charge in [-0.3, -0.25) is 9.69 Å². The van der Waals surface area contributed by atoms with E-state index in [1.165, 1.54) is 12.8 Å². The van der Waals surface area contributed by atoms with Crippen molar-refractivity contribution in [3.05, 3.63) is 34.9 Å². The molecular formula is C15H20ClNO. The largest absolute Gasteiger partial charge is 0.293 e. The van der Waals surface area contributed by atoms with Crippen molar-refractivity contribution in [2.75, 3.05) is 13.1 Å². The van der Waals surface area contributed by atoms with Crippen LogP contribution in [0.2, 0.25) is 5.02 Å². The molecule has 2 atom stereocenters. The van der Waals surface area contributed by atoms with Gasteiger partial charge in [-0.2, -0.15) is 0 Å². The van der Waals surface area contributed by atoms with E-state index < -0.39 is 0 Å². The zero-order valence-electron chi connectivity index (χ0n) is 11.0. The third-order valence-electron chi connectivity index (χ3n) is 4.00. The van der Waals surface area contributed by atoms with Gasteiger partial charge in [0.1, 0.15) is 0 Å². The number of rotatable bonds is 3. The van der Waals surface area contributed by atoms with E-state index in [9.17, 15) is 4.79 Å². The van der Waals surface area contributed by atoms with Gasteiger partial charge < -0.3 is 0 Å². The molecule has 98 valence electrons. The zero-order chi connectivity index (χ0) is 13.1. The van der Waals surface area contributed by atoms with Gasteiger partial charge in [-0.15, -0.1) is 0 Å². The Labute approximate surface area is 114 Å². The normalized spacial score (nSPS) is 25.1. The number of carbonyl (C=O) groups is 1. The summed E-state index contributed by atoms with van der Waals surface area (Å²) < 4.78 is 0. The minimum absolute atomic E-state index is 0.165. The van der Waals surface area contributed by atoms with Crippen molar-refractivity contribution in [1.82, 2.24) is 4.90 Å². The van der Waals surface area contributed by atoms with Crippen LogP contribution in [-0.4, -0.2) is 29.8 Å². The lowest BCUT2D eigenvalue weighted by atomic mass is 9.91. The van der Waals surface area contributed by atoms with Crippen LogP contribution in [0, 0.1) is 5.92 Å². The first-order valence-electron chi connectivity index (χ1n) is 6.60. The fraction of sp³-hybridized carbons (Fsp3) is 0.533. The van der Waals surface area contributed by atoms with Crippen LogP contribution in [0.5, 0.6) is 0 Å². The molecule has 0 N–H and O–H groups in total. The van der Waals surface area contributed by atoms with Gasteiger partial charge in [0, 0.05) is 16.6 Å². The summed E-state index contributed by atoms with van der Waals surface area (Å²) in [5.74, 6) is 0.837. The highest BCUT2D eigenvalue weighted by Crippen LogP contribution is 2.23. The molecule has 2 rings (SSSR count). The lowest BCUT2D eigenvalue weighted by Gasteiger charge is -2.37. The van der Waals surface area contributed by atoms with Crippen molar-refractivity contribution >= 4 is 17.4 Å². The van der Waals surface area contributed by atoms with Crippen molar-refractivity contribution in [3.8, 4) is 0 Å². The second-order valence-electron chi connectivity index (χ2n) is 5.26. The maximum Gasteiger partial charge on any atom is 0.176 e. The number of hydrogen-bond acceptors (Lipinski definition) is 2. The summed E-state index contributed by atoms with van der Waals surface area (Å²) >= 11 is 5.92. The highest BCUT2D eigenvalue weighted by atomic mass is 35.5. The molecule has 0 saturated carbocycles. The molecule has 2 nitrogen and oxygen atoms in total. The lowest BCUT2D eigenvalue weighted by Crippen LogP contribution is -2.44. The molecule has 1 aliphatic heterocycles. The summed E-state index contributed by atoms with van der Waals surface area (Å²) in [5, 5.41) is 0.626. The van der Waals surface area contributed by atoms with Crippen LogP contribution in [0.1, 0.15) is 37.0 Å². The Morgan fingerprint density at radius 2 is 2.22 bits per heavy atom. The fourth-order valence-electron chi connectivity index (χ4n) is 2.58. The number of ketones is 1. The molecule has 2 unspecified atom stereocenters. The van der Waals surface area contributed by atoms with Crippen LogP contribution in [0.25, 0.3) is 0 Å². The summed E-state index contributed by atoms with van der Waals surface area (Å²) in [7, 11) is 0. The Bertz CT molecular complexity index is 432. The monoisotopic (exact) mass is 265 g/mol. The maximum absolute atomic E-state index is 12.2. The van der Waals surface area contributed by atoms with Gasteiger partial charge in [0.05, 0.1) is 6.54 Å². The molecule has 1 saturated heterocycles. The Morgan fingerprint density at radius 1 is 1.44 bits per heavy atom. The number of nitrogens with zero attached hydrogens (tertiary/aromatic N) is 1. The van der Waals surface area contributed by atoms with E-state index in [1.54, 1.807) is 12.1 Å². The van der Waals surface area contributed by atoms with Crippen molar-refractivity contribution in [1.29, 1.82) is 0 Å². The number of piperidine rings is 1. The molecule has 0 amide bonds. The molecule has 1 fully saturated rings. The van der Waals surface area contributed by atoms with E-state index in [1.807, 2.05) is 12.1 Å². The Kier molecular flexibility index (Phi) is 4.41. The van der Waals surface area contributed by atoms with Gasteiger partial charge in [0.15, 0.2) is 5.78 Å². The van der Waals surface area contributed by atoms with Crippen LogP contribution in [0.3, 0.4) is 0 Å². The van der Waals surface area contributed by atoms with Crippen LogP contribution in [-0.2, 0) is 0 Å². The van der Waals surface area contributed by atoms with Crippen molar-refractivity contribution in [3.63, 3.8) is 0 Å². The molecule has 1 aromatic rings. The van der Waals surface area contributed by atoms with Gasteiger partial charge in [-0.05, 0) is 44.4 Å². The average Bonchev–Trinajstić information content (AvgIpc) is 2.35. The van der Waals surface area contributed by atoms with Crippen LogP contribution < -0.4 is 0 Å². The van der Waals surface area contributed by atoms with Crippen molar-refractivity contribution in [2.24, 2.45) is 5.92 Å². The smallest absolute Gasteiger partial charge is 0.176 e. The van der Waals surface area contributed by atoms with Crippen LogP contribution in [0.4, 0.5) is 0 Å². The number of likely N-dealkylation sites (tertiary alicyclic amines) is 1. The second-order valence-corrected chi connectivity index (χ2v) is 5.70. The summed E-state index contributed by atoms with van der Waals surface area (Å²) in [4.78, 5) is 14.5. The van der Waals surface area contributed by atoms with Crippen LogP contribution in [0.15, 0.2) is 24.3 Å². The lowest BCUT2D eigenvalue weighted by molar-refractivity contribution is 0.0779. The topological polar surface area (TPSA) is 20.3 Å². The number of benzene rings is 1. The molecule has 0 aromatic heterocycles. The molecule has 0 spiro atoms. The van der Waals surface area contributed by atoms with Crippen molar-refractivity contribution in [2.45, 2.75) is 32.7 Å². The first-order chi connectivity index (χ1) is 8.58. The average molecular weight is 266 g/mol. The first-order valence-corrected chi connectivity index (χ1v) is 6.98. The molecular weight excluding hydrogens is 246 g/mol. The third-order valence-corrected chi connectivity index (χ3v) is 4.23. The number of hydrogen-bond donors (Lipinski definition) is 0. The summed E-state index contributed by atoms with van der Waals surface area (Å²) in [6.07, 6.45) is 2.46. The maximum atomic E-state index is 12.2. The minimum atomic E-state index is 0.165. The van der Waals surface area contributed by atoms with Gasteiger partial charge in [-0.1, -0.05) is 30.7 Å². The van der Waals surface area contributed by atoms with Gasteiger partial charge in [-0.25, -0.2) is 0 Å². The van der Waals surface area contributed by atoms with E-state index in [-0.39, 0.29) is 5.78 Å². The molecule has 18 heavy (non-hydrogen) atoms. The molecule has 1 heterocycles. The second kappa shape index (κ2) is 5.85. The molecule has 0 aliphatic carbocycles. The van der Waals surface area contributed by atoms with Gasteiger partial charge >= 0.3 is 0 Å². The third kappa shape index (κ3) is 3.12. The Hall–Kier alpha value is -0.860. The van der Waals surface area contributed by atoms with Crippen LogP contribution >= 0.6 is 11.6 Å². The van der Waals surface area contributed by atoms with E-state index in [2.05, 4.69) is 18.7 Å². The molecule has 1 aliphatic rings. The van der Waals surface area contributed by atoms with E-state index in [0.717, 1.165) is 6.54 Å². The Balaban J connectivity index is 2.03. The number of Topliss-reactive ketones (excluding diaryl/α,β-unsaturated/α-hetero) is 1. The molecule has 3 heteroatoms. The number of halogens is 1. The fourth-order valence-corrected chi connectivity index (χ4v) is 2.77. The summed E-state index contributed by atoms with van der Waals surface area (Å²) in [6.45, 7) is 6.01.